The van der Waals surface area contributed by atoms with Crippen LogP contribution in [0.15, 0.2) is 54.7 Å². The van der Waals surface area contributed by atoms with Crippen LogP contribution in [0.2, 0.25) is 0 Å². The number of ether oxygens (including phenoxy) is 2. The summed E-state index contributed by atoms with van der Waals surface area (Å²) in [6, 6.07) is 14.2. The maximum Gasteiger partial charge on any atom is 0.233 e. The second-order valence-corrected chi connectivity index (χ2v) is 5.72. The summed E-state index contributed by atoms with van der Waals surface area (Å²) < 4.78 is 10.4. The molecule has 1 aromatic heterocycles. The van der Waals surface area contributed by atoms with Crippen LogP contribution in [0.4, 0.5) is 11.4 Å². The third-order valence-corrected chi connectivity index (χ3v) is 3.91. The quantitative estimate of drug-likeness (QED) is 0.655. The Morgan fingerprint density at radius 3 is 2.41 bits per heavy atom. The van der Waals surface area contributed by atoms with Gasteiger partial charge < -0.3 is 20.1 Å². The first-order valence-electron chi connectivity index (χ1n) is 8.26. The molecule has 1 heterocycles. The number of hydrogen-bond donors (Lipinski definition) is 2. The predicted molar refractivity (Wildman–Crippen MR) is 103 cm³/mol. The third kappa shape index (κ3) is 4.33. The van der Waals surface area contributed by atoms with Crippen LogP contribution >= 0.6 is 0 Å². The summed E-state index contributed by atoms with van der Waals surface area (Å²) in [7, 11) is 3.02. The number of pyridine rings is 1. The summed E-state index contributed by atoms with van der Waals surface area (Å²) >= 11 is 0. The molecule has 0 radical (unpaired) electrons. The number of para-hydroxylation sites is 1. The molecule has 2 N–H and O–H groups in total. The topological polar surface area (TPSA) is 89.5 Å². The molecule has 0 saturated heterocycles. The molecule has 0 aliphatic carbocycles. The lowest BCUT2D eigenvalue weighted by Gasteiger charge is -2.12. The normalized spacial score (nSPS) is 10.3. The number of anilines is 2. The summed E-state index contributed by atoms with van der Waals surface area (Å²) in [5, 5.41) is 6.31. The minimum Gasteiger partial charge on any atom is -0.497 e. The lowest BCUT2D eigenvalue weighted by molar-refractivity contribution is -0.123. The van der Waals surface area contributed by atoms with Gasteiger partial charge in [-0.3, -0.25) is 14.6 Å². The predicted octanol–water partition coefficient (Wildman–Crippen LogP) is 3.22. The number of fused-ring (bicyclic) bond motifs is 1. The Morgan fingerprint density at radius 2 is 1.67 bits per heavy atom. The number of carbonyl (C=O) groups is 2. The van der Waals surface area contributed by atoms with Crippen molar-refractivity contribution in [2.75, 3.05) is 24.9 Å². The number of methoxy groups -OCH3 is 2. The van der Waals surface area contributed by atoms with Crippen molar-refractivity contribution >= 4 is 34.1 Å². The Bertz CT molecular complexity index is 983. The van der Waals surface area contributed by atoms with Gasteiger partial charge >= 0.3 is 0 Å². The van der Waals surface area contributed by atoms with Crippen LogP contribution in [0.25, 0.3) is 10.9 Å². The summed E-state index contributed by atoms with van der Waals surface area (Å²) in [5.74, 6) is 0.139. The summed E-state index contributed by atoms with van der Waals surface area (Å²) in [6.07, 6.45) is 1.31. The van der Waals surface area contributed by atoms with Crippen LogP contribution in [0.5, 0.6) is 11.5 Å². The van der Waals surface area contributed by atoms with Gasteiger partial charge in [0.05, 0.1) is 31.1 Å². The van der Waals surface area contributed by atoms with Gasteiger partial charge in [0.1, 0.15) is 17.9 Å². The highest BCUT2D eigenvalue weighted by atomic mass is 16.5. The van der Waals surface area contributed by atoms with E-state index in [1.807, 2.05) is 24.3 Å². The fourth-order valence-electron chi connectivity index (χ4n) is 2.65. The molecule has 0 fully saturated rings. The molecule has 0 unspecified atom stereocenters. The standard InChI is InChI=1S/C20H19N3O4/c1-26-14-8-9-17(27-2)16(11-14)23-19(25)12-18(24)22-15-7-3-5-13-6-4-10-21-20(13)15/h3-11H,12H2,1-2H3,(H,22,24)(H,23,25). The number of carbonyl (C=O) groups excluding carboxylic acids is 2. The highest BCUT2D eigenvalue weighted by Crippen LogP contribution is 2.29. The second kappa shape index (κ2) is 8.18. The third-order valence-electron chi connectivity index (χ3n) is 3.91. The number of benzene rings is 2. The van der Waals surface area contributed by atoms with Gasteiger partial charge in [-0.2, -0.15) is 0 Å². The van der Waals surface area contributed by atoms with E-state index in [1.165, 1.54) is 14.2 Å². The molecule has 138 valence electrons. The fraction of sp³-hybridized carbons (Fsp3) is 0.150. The molecule has 7 heteroatoms. The number of nitrogens with one attached hydrogen (secondary N) is 2. The van der Waals surface area contributed by atoms with E-state index >= 15 is 0 Å². The summed E-state index contributed by atoms with van der Waals surface area (Å²) in [6.45, 7) is 0. The van der Waals surface area contributed by atoms with Crippen molar-refractivity contribution < 1.29 is 19.1 Å². The van der Waals surface area contributed by atoms with Crippen LogP contribution in [0, 0.1) is 0 Å². The zero-order valence-electron chi connectivity index (χ0n) is 15.0. The van der Waals surface area contributed by atoms with E-state index in [4.69, 9.17) is 9.47 Å². The van der Waals surface area contributed by atoms with Crippen molar-refractivity contribution in [1.29, 1.82) is 0 Å². The molecule has 2 aromatic carbocycles. The zero-order valence-corrected chi connectivity index (χ0v) is 15.0. The van der Waals surface area contributed by atoms with Crippen LogP contribution in [-0.4, -0.2) is 31.0 Å². The van der Waals surface area contributed by atoms with Crippen LogP contribution in [0.3, 0.4) is 0 Å². The summed E-state index contributed by atoms with van der Waals surface area (Å²) in [4.78, 5) is 28.8. The number of hydrogen-bond acceptors (Lipinski definition) is 5. The van der Waals surface area contributed by atoms with Crippen molar-refractivity contribution in [3.05, 3.63) is 54.7 Å². The summed E-state index contributed by atoms with van der Waals surface area (Å²) in [5.41, 5.74) is 1.66. The highest BCUT2D eigenvalue weighted by Gasteiger charge is 2.14. The van der Waals surface area contributed by atoms with Gasteiger partial charge in [-0.15, -0.1) is 0 Å². The van der Waals surface area contributed by atoms with Gasteiger partial charge in [-0.05, 0) is 24.3 Å². The maximum absolute atomic E-state index is 12.3. The zero-order chi connectivity index (χ0) is 19.2. The van der Waals surface area contributed by atoms with Crippen molar-refractivity contribution in [2.24, 2.45) is 0 Å². The van der Waals surface area contributed by atoms with E-state index in [-0.39, 0.29) is 6.42 Å². The Labute approximate surface area is 156 Å². The van der Waals surface area contributed by atoms with Crippen molar-refractivity contribution in [3.63, 3.8) is 0 Å². The highest BCUT2D eigenvalue weighted by molar-refractivity contribution is 6.10. The van der Waals surface area contributed by atoms with Crippen LogP contribution in [-0.2, 0) is 9.59 Å². The molecule has 2 amide bonds. The van der Waals surface area contributed by atoms with Gasteiger partial charge in [0, 0.05) is 17.6 Å². The second-order valence-electron chi connectivity index (χ2n) is 5.72. The fourth-order valence-corrected chi connectivity index (χ4v) is 2.65. The molecule has 0 saturated carbocycles. The average molecular weight is 365 g/mol. The molecule has 0 aliphatic rings. The van der Waals surface area contributed by atoms with E-state index in [2.05, 4.69) is 15.6 Å². The van der Waals surface area contributed by atoms with Gasteiger partial charge in [-0.25, -0.2) is 0 Å². The minimum atomic E-state index is -0.466. The van der Waals surface area contributed by atoms with E-state index in [1.54, 1.807) is 30.5 Å². The molecule has 3 aromatic rings. The SMILES string of the molecule is COc1ccc(OC)c(NC(=O)CC(=O)Nc2cccc3cccnc23)c1. The Kier molecular flexibility index (Phi) is 5.51. The van der Waals surface area contributed by atoms with Crippen LogP contribution in [0.1, 0.15) is 6.42 Å². The van der Waals surface area contributed by atoms with Gasteiger partial charge in [0.15, 0.2) is 0 Å². The molecular weight excluding hydrogens is 346 g/mol. The van der Waals surface area contributed by atoms with Crippen molar-refractivity contribution in [1.82, 2.24) is 4.98 Å². The first-order valence-corrected chi connectivity index (χ1v) is 8.26. The molecule has 0 atom stereocenters. The van der Waals surface area contributed by atoms with Crippen molar-refractivity contribution in [2.45, 2.75) is 6.42 Å². The first kappa shape index (κ1) is 18.2. The van der Waals surface area contributed by atoms with Crippen molar-refractivity contribution in [3.8, 4) is 11.5 Å². The van der Waals surface area contributed by atoms with Gasteiger partial charge in [0.2, 0.25) is 11.8 Å². The van der Waals surface area contributed by atoms with Gasteiger partial charge in [0.25, 0.3) is 0 Å². The molecule has 0 bridgehead atoms. The average Bonchev–Trinajstić information content (AvgIpc) is 2.68. The van der Waals surface area contributed by atoms with E-state index < -0.39 is 11.8 Å². The smallest absolute Gasteiger partial charge is 0.233 e. The monoisotopic (exact) mass is 365 g/mol. The first-order chi connectivity index (χ1) is 13.1. The number of amides is 2. The molecule has 27 heavy (non-hydrogen) atoms. The number of nitrogens with zero attached hydrogens (tertiary/aromatic N) is 1. The van der Waals surface area contributed by atoms with E-state index in [0.29, 0.717) is 28.4 Å². The lowest BCUT2D eigenvalue weighted by atomic mass is 10.2. The van der Waals surface area contributed by atoms with E-state index in [9.17, 15) is 9.59 Å². The molecule has 0 spiro atoms. The molecule has 3 rings (SSSR count). The van der Waals surface area contributed by atoms with E-state index in [0.717, 1.165) is 5.39 Å². The largest absolute Gasteiger partial charge is 0.497 e. The van der Waals surface area contributed by atoms with Crippen LogP contribution < -0.4 is 20.1 Å². The number of rotatable bonds is 6. The molecule has 0 aliphatic heterocycles. The Balaban J connectivity index is 1.68. The molecular formula is C20H19N3O4. The Morgan fingerprint density at radius 1 is 0.926 bits per heavy atom. The number of aromatic nitrogens is 1. The molecule has 7 nitrogen and oxygen atoms in total. The Hall–Kier alpha value is -3.61. The lowest BCUT2D eigenvalue weighted by Crippen LogP contribution is -2.21. The maximum atomic E-state index is 12.3. The van der Waals surface area contributed by atoms with Gasteiger partial charge in [-0.1, -0.05) is 18.2 Å². The minimum absolute atomic E-state index is 0.344.